The molecular formula is C19H17FN4O2. The number of aromatic nitrogens is 2. The highest BCUT2D eigenvalue weighted by molar-refractivity contribution is 5.96. The zero-order chi connectivity index (χ0) is 18.4. The monoisotopic (exact) mass is 352 g/mol. The molecule has 0 atom stereocenters. The van der Waals surface area contributed by atoms with Gasteiger partial charge in [0.1, 0.15) is 5.82 Å². The van der Waals surface area contributed by atoms with Gasteiger partial charge in [-0.15, -0.1) is 0 Å². The zero-order valence-electron chi connectivity index (χ0n) is 13.9. The molecule has 3 rings (SSSR count). The molecule has 0 saturated carbocycles. The molecule has 0 bridgehead atoms. The maximum absolute atomic E-state index is 12.8. The quantitative estimate of drug-likeness (QED) is 0.713. The van der Waals surface area contributed by atoms with Crippen LogP contribution in [0.1, 0.15) is 15.9 Å². The molecule has 0 aliphatic carbocycles. The molecule has 0 aliphatic heterocycles. The predicted octanol–water partition coefficient (Wildman–Crippen LogP) is 2.06. The van der Waals surface area contributed by atoms with Gasteiger partial charge < -0.3 is 10.6 Å². The number of para-hydroxylation sites is 1. The third kappa shape index (κ3) is 4.54. The fourth-order valence-corrected chi connectivity index (χ4v) is 2.30. The van der Waals surface area contributed by atoms with Crippen molar-refractivity contribution >= 4 is 11.8 Å². The molecule has 26 heavy (non-hydrogen) atoms. The number of rotatable bonds is 6. The van der Waals surface area contributed by atoms with Gasteiger partial charge in [0.15, 0.2) is 0 Å². The Labute approximate surface area is 149 Å². The normalized spacial score (nSPS) is 10.3. The van der Waals surface area contributed by atoms with Gasteiger partial charge in [0.2, 0.25) is 5.91 Å². The summed E-state index contributed by atoms with van der Waals surface area (Å²) in [4.78, 5) is 23.7. The number of hydrogen-bond acceptors (Lipinski definition) is 3. The van der Waals surface area contributed by atoms with Crippen molar-refractivity contribution in [2.24, 2.45) is 0 Å². The minimum Gasteiger partial charge on any atom is -0.350 e. The molecule has 6 nitrogen and oxygen atoms in total. The van der Waals surface area contributed by atoms with E-state index in [1.54, 1.807) is 10.9 Å². The zero-order valence-corrected chi connectivity index (χ0v) is 13.9. The molecule has 2 amide bonds. The summed E-state index contributed by atoms with van der Waals surface area (Å²) in [5.41, 5.74) is 2.06. The summed E-state index contributed by atoms with van der Waals surface area (Å²) in [6, 6.07) is 14.7. The van der Waals surface area contributed by atoms with Gasteiger partial charge in [-0.05, 0) is 36.4 Å². The van der Waals surface area contributed by atoms with E-state index in [4.69, 9.17) is 0 Å². The van der Waals surface area contributed by atoms with Crippen molar-refractivity contribution in [2.75, 3.05) is 6.54 Å². The molecule has 0 radical (unpaired) electrons. The Hall–Kier alpha value is -3.48. The summed E-state index contributed by atoms with van der Waals surface area (Å²) < 4.78 is 14.6. The number of hydrogen-bond donors (Lipinski definition) is 2. The minimum absolute atomic E-state index is 0.164. The van der Waals surface area contributed by atoms with E-state index >= 15 is 0 Å². The average Bonchev–Trinajstić information content (AvgIpc) is 3.15. The Morgan fingerprint density at radius 3 is 2.46 bits per heavy atom. The van der Waals surface area contributed by atoms with Crippen LogP contribution in [0, 0.1) is 5.82 Å². The Bertz CT molecular complexity index is 891. The van der Waals surface area contributed by atoms with Crippen molar-refractivity contribution in [3.05, 3.63) is 83.9 Å². The van der Waals surface area contributed by atoms with Crippen molar-refractivity contribution in [2.45, 2.75) is 6.54 Å². The van der Waals surface area contributed by atoms with Crippen LogP contribution in [0.3, 0.4) is 0 Å². The standard InChI is InChI=1S/C19H17FN4O2/c20-16-8-6-15(7-9-16)19(26)22-12-18(25)21-10-14-11-23-24(13-14)17-4-2-1-3-5-17/h1-9,11,13H,10,12H2,(H,21,25)(H,22,26). The van der Waals surface area contributed by atoms with E-state index in [2.05, 4.69) is 15.7 Å². The second-order valence-electron chi connectivity index (χ2n) is 5.60. The summed E-state index contributed by atoms with van der Waals surface area (Å²) >= 11 is 0. The van der Waals surface area contributed by atoms with Crippen LogP contribution in [0.25, 0.3) is 5.69 Å². The first-order chi connectivity index (χ1) is 12.6. The van der Waals surface area contributed by atoms with Crippen molar-refractivity contribution in [3.8, 4) is 5.69 Å². The lowest BCUT2D eigenvalue weighted by Crippen LogP contribution is -2.36. The first kappa shape index (κ1) is 17.3. The second-order valence-corrected chi connectivity index (χ2v) is 5.60. The molecule has 0 fully saturated rings. The van der Waals surface area contributed by atoms with E-state index in [0.29, 0.717) is 12.1 Å². The highest BCUT2D eigenvalue weighted by Gasteiger charge is 2.08. The van der Waals surface area contributed by atoms with Crippen LogP contribution in [0.5, 0.6) is 0 Å². The van der Waals surface area contributed by atoms with Crippen LogP contribution in [0.4, 0.5) is 4.39 Å². The maximum atomic E-state index is 12.8. The molecular weight excluding hydrogens is 335 g/mol. The molecule has 1 aromatic heterocycles. The Morgan fingerprint density at radius 1 is 1.00 bits per heavy atom. The third-order valence-electron chi connectivity index (χ3n) is 3.66. The van der Waals surface area contributed by atoms with E-state index in [1.165, 1.54) is 24.3 Å². The van der Waals surface area contributed by atoms with Crippen LogP contribution in [0.2, 0.25) is 0 Å². The van der Waals surface area contributed by atoms with Gasteiger partial charge in [0.05, 0.1) is 18.4 Å². The Kier molecular flexibility index (Phi) is 5.38. The topological polar surface area (TPSA) is 76.0 Å². The predicted molar refractivity (Wildman–Crippen MR) is 94.1 cm³/mol. The number of benzene rings is 2. The number of carbonyl (C=O) groups is 2. The minimum atomic E-state index is -0.433. The van der Waals surface area contributed by atoms with E-state index in [-0.39, 0.29) is 12.5 Å². The number of nitrogens with one attached hydrogen (secondary N) is 2. The van der Waals surface area contributed by atoms with Crippen molar-refractivity contribution in [3.63, 3.8) is 0 Å². The van der Waals surface area contributed by atoms with E-state index in [9.17, 15) is 14.0 Å². The summed E-state index contributed by atoms with van der Waals surface area (Å²) in [5.74, 6) is -1.18. The van der Waals surface area contributed by atoms with Gasteiger partial charge in [0.25, 0.3) is 5.91 Å². The molecule has 2 aromatic carbocycles. The van der Waals surface area contributed by atoms with E-state index in [0.717, 1.165) is 11.3 Å². The molecule has 0 aliphatic rings. The largest absolute Gasteiger partial charge is 0.350 e. The average molecular weight is 352 g/mol. The van der Waals surface area contributed by atoms with Crippen molar-refractivity contribution in [1.29, 1.82) is 0 Å². The fourth-order valence-electron chi connectivity index (χ4n) is 2.30. The number of amides is 2. The van der Waals surface area contributed by atoms with E-state index in [1.807, 2.05) is 36.5 Å². The van der Waals surface area contributed by atoms with Crippen LogP contribution >= 0.6 is 0 Å². The summed E-state index contributed by atoms with van der Waals surface area (Å²) in [6.45, 7) is 0.140. The number of carbonyl (C=O) groups excluding carboxylic acids is 2. The van der Waals surface area contributed by atoms with Crippen molar-refractivity contribution in [1.82, 2.24) is 20.4 Å². The van der Waals surface area contributed by atoms with Crippen LogP contribution < -0.4 is 10.6 Å². The lowest BCUT2D eigenvalue weighted by atomic mass is 10.2. The van der Waals surface area contributed by atoms with Gasteiger partial charge in [-0.25, -0.2) is 9.07 Å². The lowest BCUT2D eigenvalue weighted by molar-refractivity contribution is -0.120. The maximum Gasteiger partial charge on any atom is 0.251 e. The molecule has 2 N–H and O–H groups in total. The van der Waals surface area contributed by atoms with Gasteiger partial charge in [-0.3, -0.25) is 9.59 Å². The van der Waals surface area contributed by atoms with Gasteiger partial charge in [-0.1, -0.05) is 18.2 Å². The van der Waals surface area contributed by atoms with Gasteiger partial charge >= 0.3 is 0 Å². The van der Waals surface area contributed by atoms with Gasteiger partial charge in [-0.2, -0.15) is 5.10 Å². The van der Waals surface area contributed by atoms with Crippen LogP contribution in [0.15, 0.2) is 67.0 Å². The summed E-state index contributed by atoms with van der Waals surface area (Å²) in [5, 5.41) is 9.45. The lowest BCUT2D eigenvalue weighted by Gasteiger charge is -2.06. The Balaban J connectivity index is 1.46. The SMILES string of the molecule is O=C(CNC(=O)c1ccc(F)cc1)NCc1cnn(-c2ccccc2)c1. The highest BCUT2D eigenvalue weighted by atomic mass is 19.1. The first-order valence-corrected chi connectivity index (χ1v) is 8.01. The second kappa shape index (κ2) is 8.06. The molecule has 0 unspecified atom stereocenters. The van der Waals surface area contributed by atoms with Gasteiger partial charge in [0, 0.05) is 23.9 Å². The Morgan fingerprint density at radius 2 is 1.73 bits per heavy atom. The molecule has 1 heterocycles. The molecule has 7 heteroatoms. The molecule has 0 saturated heterocycles. The first-order valence-electron chi connectivity index (χ1n) is 8.01. The van der Waals surface area contributed by atoms with E-state index < -0.39 is 11.7 Å². The molecule has 132 valence electrons. The number of nitrogens with zero attached hydrogens (tertiary/aromatic N) is 2. The highest BCUT2D eigenvalue weighted by Crippen LogP contribution is 2.07. The summed E-state index contributed by atoms with van der Waals surface area (Å²) in [6.07, 6.45) is 3.50. The fraction of sp³-hybridized carbons (Fsp3) is 0.105. The molecule has 3 aromatic rings. The third-order valence-corrected chi connectivity index (χ3v) is 3.66. The smallest absolute Gasteiger partial charge is 0.251 e. The van der Waals surface area contributed by atoms with Crippen LogP contribution in [-0.2, 0) is 11.3 Å². The van der Waals surface area contributed by atoms with Crippen molar-refractivity contribution < 1.29 is 14.0 Å². The summed E-state index contributed by atoms with van der Waals surface area (Å²) in [7, 11) is 0. The van der Waals surface area contributed by atoms with Crippen LogP contribution in [-0.4, -0.2) is 28.1 Å². The number of halogens is 1. The molecule has 0 spiro atoms.